The van der Waals surface area contributed by atoms with Gasteiger partial charge in [-0.1, -0.05) is 12.1 Å². The van der Waals surface area contributed by atoms with Gasteiger partial charge in [0, 0.05) is 10.9 Å². The first-order valence-corrected chi connectivity index (χ1v) is 7.42. The summed E-state index contributed by atoms with van der Waals surface area (Å²) in [5, 5.41) is 1.94. The minimum atomic E-state index is -0.445. The molecule has 0 unspecified atom stereocenters. The molecule has 0 atom stereocenters. The molecule has 1 aromatic carbocycles. The summed E-state index contributed by atoms with van der Waals surface area (Å²) < 4.78 is 19.7. The second-order valence-electron chi connectivity index (χ2n) is 4.16. The number of aromatic nitrogens is 1. The van der Waals surface area contributed by atoms with E-state index >= 15 is 0 Å². The van der Waals surface area contributed by atoms with E-state index in [1.807, 2.05) is 5.38 Å². The Balaban J connectivity index is 2.30. The molecule has 0 bridgehead atoms. The summed E-state index contributed by atoms with van der Waals surface area (Å²) in [5.41, 5.74) is 2.73. The minimum absolute atomic E-state index is 0.312. The van der Waals surface area contributed by atoms with E-state index in [0.717, 1.165) is 25.8 Å². The average Bonchev–Trinajstić information content (AvgIpc) is 2.99. The third-order valence-corrected chi connectivity index (χ3v) is 4.92. The standard InChI is InChI=1S/C14H9BrFNO2S/c1-19-14(18)12-10(7-2-4-8(16)5-3-7)13-11(17-12)9(15)6-20-13/h2-6,17H,1H3. The highest BCUT2D eigenvalue weighted by molar-refractivity contribution is 9.10. The van der Waals surface area contributed by atoms with Crippen LogP contribution in [0.3, 0.4) is 0 Å². The Bertz CT molecular complexity index is 791. The lowest BCUT2D eigenvalue weighted by atomic mass is 10.1. The third-order valence-electron chi connectivity index (χ3n) is 3.00. The highest BCUT2D eigenvalue weighted by Gasteiger charge is 2.22. The van der Waals surface area contributed by atoms with Crippen LogP contribution in [-0.4, -0.2) is 18.1 Å². The van der Waals surface area contributed by atoms with Crippen LogP contribution < -0.4 is 0 Å². The Morgan fingerprint density at radius 3 is 2.70 bits per heavy atom. The lowest BCUT2D eigenvalue weighted by Crippen LogP contribution is -2.03. The van der Waals surface area contributed by atoms with E-state index in [2.05, 4.69) is 20.9 Å². The maximum atomic E-state index is 13.1. The summed E-state index contributed by atoms with van der Waals surface area (Å²) in [6.07, 6.45) is 0. The van der Waals surface area contributed by atoms with Crippen LogP contribution in [0, 0.1) is 5.82 Å². The molecule has 0 saturated carbocycles. The van der Waals surface area contributed by atoms with Crippen LogP contribution in [0.2, 0.25) is 0 Å². The zero-order valence-corrected chi connectivity index (χ0v) is 12.8. The van der Waals surface area contributed by atoms with Gasteiger partial charge in [-0.15, -0.1) is 11.3 Å². The molecule has 0 saturated heterocycles. The second-order valence-corrected chi connectivity index (χ2v) is 5.90. The van der Waals surface area contributed by atoms with Gasteiger partial charge in [0.05, 0.1) is 21.8 Å². The summed E-state index contributed by atoms with van der Waals surface area (Å²) in [4.78, 5) is 15.0. The van der Waals surface area contributed by atoms with E-state index in [9.17, 15) is 9.18 Å². The van der Waals surface area contributed by atoms with Gasteiger partial charge in [-0.2, -0.15) is 0 Å². The molecule has 0 spiro atoms. The molecule has 3 rings (SSSR count). The number of methoxy groups -OCH3 is 1. The van der Waals surface area contributed by atoms with Crippen molar-refractivity contribution in [3.63, 3.8) is 0 Å². The van der Waals surface area contributed by atoms with Crippen molar-refractivity contribution in [2.75, 3.05) is 7.11 Å². The van der Waals surface area contributed by atoms with E-state index in [0.29, 0.717) is 5.69 Å². The van der Waals surface area contributed by atoms with Crippen molar-refractivity contribution >= 4 is 43.5 Å². The van der Waals surface area contributed by atoms with Gasteiger partial charge in [-0.25, -0.2) is 9.18 Å². The van der Waals surface area contributed by atoms with Crippen molar-refractivity contribution in [2.45, 2.75) is 0 Å². The molecule has 3 nitrogen and oxygen atoms in total. The fraction of sp³-hybridized carbons (Fsp3) is 0.0714. The molecule has 2 aromatic heterocycles. The predicted octanol–water partition coefficient (Wildman–Crippen LogP) is 4.58. The minimum Gasteiger partial charge on any atom is -0.464 e. The fourth-order valence-electron chi connectivity index (χ4n) is 2.09. The Morgan fingerprint density at radius 2 is 2.05 bits per heavy atom. The van der Waals surface area contributed by atoms with Crippen LogP contribution in [0.5, 0.6) is 0 Å². The van der Waals surface area contributed by atoms with Crippen molar-refractivity contribution in [2.24, 2.45) is 0 Å². The topological polar surface area (TPSA) is 42.1 Å². The van der Waals surface area contributed by atoms with Gasteiger partial charge in [0.1, 0.15) is 11.5 Å². The van der Waals surface area contributed by atoms with Gasteiger partial charge in [-0.05, 0) is 33.6 Å². The number of fused-ring (bicyclic) bond motifs is 1. The van der Waals surface area contributed by atoms with Gasteiger partial charge < -0.3 is 9.72 Å². The van der Waals surface area contributed by atoms with E-state index in [-0.39, 0.29) is 5.82 Å². The van der Waals surface area contributed by atoms with E-state index < -0.39 is 5.97 Å². The van der Waals surface area contributed by atoms with Gasteiger partial charge in [0.15, 0.2) is 0 Å². The second kappa shape index (κ2) is 5.03. The number of carbonyl (C=O) groups is 1. The smallest absolute Gasteiger partial charge is 0.355 e. The first-order chi connectivity index (χ1) is 9.61. The van der Waals surface area contributed by atoms with Gasteiger partial charge in [-0.3, -0.25) is 0 Å². The van der Waals surface area contributed by atoms with Gasteiger partial charge >= 0.3 is 5.97 Å². The molecule has 6 heteroatoms. The largest absolute Gasteiger partial charge is 0.464 e. The van der Waals surface area contributed by atoms with Crippen molar-refractivity contribution in [1.29, 1.82) is 0 Å². The molecule has 0 amide bonds. The molecule has 102 valence electrons. The van der Waals surface area contributed by atoms with E-state index in [1.54, 1.807) is 12.1 Å². The lowest BCUT2D eigenvalue weighted by Gasteiger charge is -2.03. The van der Waals surface area contributed by atoms with Crippen LogP contribution >= 0.6 is 27.3 Å². The Hall–Kier alpha value is -1.66. The van der Waals surface area contributed by atoms with Crippen LogP contribution in [0.4, 0.5) is 4.39 Å². The zero-order chi connectivity index (χ0) is 14.3. The summed E-state index contributed by atoms with van der Waals surface area (Å²) in [7, 11) is 1.33. The number of hydrogen-bond donors (Lipinski definition) is 1. The SMILES string of the molecule is COC(=O)c1[nH]c2c(Br)csc2c1-c1ccc(F)cc1. The quantitative estimate of drug-likeness (QED) is 0.685. The zero-order valence-electron chi connectivity index (χ0n) is 10.4. The van der Waals surface area contributed by atoms with Crippen molar-refractivity contribution < 1.29 is 13.9 Å². The van der Waals surface area contributed by atoms with Gasteiger partial charge in [0.2, 0.25) is 0 Å². The molecule has 0 aliphatic heterocycles. The number of aromatic amines is 1. The summed E-state index contributed by atoms with van der Waals surface area (Å²) in [5.74, 6) is -0.757. The number of ether oxygens (including phenoxy) is 1. The summed E-state index contributed by atoms with van der Waals surface area (Å²) in [6, 6.07) is 6.05. The third kappa shape index (κ3) is 2.05. The molecule has 0 aliphatic carbocycles. The lowest BCUT2D eigenvalue weighted by molar-refractivity contribution is 0.0596. The van der Waals surface area contributed by atoms with Crippen LogP contribution in [0.1, 0.15) is 10.5 Å². The molecule has 0 fully saturated rings. The highest BCUT2D eigenvalue weighted by Crippen LogP contribution is 2.40. The molecule has 0 aliphatic rings. The first kappa shape index (κ1) is 13.3. The number of hydrogen-bond acceptors (Lipinski definition) is 3. The number of benzene rings is 1. The highest BCUT2D eigenvalue weighted by atomic mass is 79.9. The summed E-state index contributed by atoms with van der Waals surface area (Å²) >= 11 is 4.95. The average molecular weight is 354 g/mol. The molecule has 20 heavy (non-hydrogen) atoms. The van der Waals surface area contributed by atoms with E-state index in [1.165, 1.54) is 30.6 Å². The molecule has 0 radical (unpaired) electrons. The summed E-state index contributed by atoms with van der Waals surface area (Å²) in [6.45, 7) is 0. The number of halogens is 2. The maximum absolute atomic E-state index is 13.1. The normalized spacial score (nSPS) is 10.9. The van der Waals surface area contributed by atoms with Crippen LogP contribution in [-0.2, 0) is 4.74 Å². The maximum Gasteiger partial charge on any atom is 0.355 e. The molecule has 1 N–H and O–H groups in total. The number of H-pyrrole nitrogens is 1. The van der Waals surface area contributed by atoms with Crippen molar-refractivity contribution in [3.8, 4) is 11.1 Å². The molecule has 3 aromatic rings. The van der Waals surface area contributed by atoms with Crippen LogP contribution in [0.25, 0.3) is 21.3 Å². The Kier molecular flexibility index (Phi) is 3.35. The number of rotatable bonds is 2. The number of thiophene rings is 1. The van der Waals surface area contributed by atoms with Crippen molar-refractivity contribution in [1.82, 2.24) is 4.98 Å². The number of nitrogens with one attached hydrogen (secondary N) is 1. The van der Waals surface area contributed by atoms with Gasteiger partial charge in [0.25, 0.3) is 0 Å². The first-order valence-electron chi connectivity index (χ1n) is 5.74. The van der Waals surface area contributed by atoms with E-state index in [4.69, 9.17) is 4.74 Å². The monoisotopic (exact) mass is 353 g/mol. The number of esters is 1. The predicted molar refractivity (Wildman–Crippen MR) is 80.6 cm³/mol. The molecule has 2 heterocycles. The van der Waals surface area contributed by atoms with Crippen molar-refractivity contribution in [3.05, 3.63) is 45.6 Å². The molecular weight excluding hydrogens is 345 g/mol. The number of carbonyl (C=O) groups excluding carboxylic acids is 1. The van der Waals surface area contributed by atoms with Crippen LogP contribution in [0.15, 0.2) is 34.1 Å². The molecular formula is C14H9BrFNO2S. The fourth-order valence-corrected chi connectivity index (χ4v) is 3.75. The Morgan fingerprint density at radius 1 is 1.35 bits per heavy atom. The Labute approximate surface area is 126 Å².